The molecule has 0 radical (unpaired) electrons. The zero-order chi connectivity index (χ0) is 6.85. The molecule has 1 fully saturated rings. The second-order valence-corrected chi connectivity index (χ2v) is 4.16. The van der Waals surface area contributed by atoms with Gasteiger partial charge in [-0.3, -0.25) is 10.6 Å². The Kier molecular flexibility index (Phi) is 2.38. The summed E-state index contributed by atoms with van der Waals surface area (Å²) in [6.07, 6.45) is 0.469. The van der Waals surface area contributed by atoms with Gasteiger partial charge in [-0.15, -0.1) is 11.8 Å². The molecule has 54 valence electrons. The van der Waals surface area contributed by atoms with Crippen LogP contribution in [0.3, 0.4) is 0 Å². The minimum absolute atomic E-state index is 0.469. The third-order valence-corrected chi connectivity index (χ3v) is 2.47. The molecule has 3 heteroatoms. The van der Waals surface area contributed by atoms with Gasteiger partial charge in [-0.1, -0.05) is 0 Å². The number of hydrogen-bond donors (Lipinski definition) is 2. The molecule has 2 atom stereocenters. The molecular weight excluding hydrogens is 132 g/mol. The second kappa shape index (κ2) is 2.90. The van der Waals surface area contributed by atoms with Gasteiger partial charge in [0.1, 0.15) is 0 Å². The van der Waals surface area contributed by atoms with Gasteiger partial charge in [0.25, 0.3) is 0 Å². The quantitative estimate of drug-likeness (QED) is 0.532. The highest BCUT2D eigenvalue weighted by molar-refractivity contribution is 8.00. The Hall–Kier alpha value is 0.270. The Balaban J connectivity index is 2.34. The average molecular weight is 146 g/mol. The van der Waals surface area contributed by atoms with E-state index in [9.17, 15) is 0 Å². The van der Waals surface area contributed by atoms with E-state index in [1.165, 1.54) is 0 Å². The molecule has 2 nitrogen and oxygen atoms in total. The lowest BCUT2D eigenvalue weighted by atomic mass is 10.5. The van der Waals surface area contributed by atoms with Crippen molar-refractivity contribution in [1.29, 1.82) is 0 Å². The molecule has 0 aliphatic carbocycles. The fourth-order valence-electron chi connectivity index (χ4n) is 1.14. The predicted octanol–water partition coefficient (Wildman–Crippen LogP) is 0.950. The molecule has 0 aromatic rings. The van der Waals surface area contributed by atoms with Crippen molar-refractivity contribution in [2.75, 3.05) is 0 Å². The Labute approximate surface area is 60.8 Å². The summed E-state index contributed by atoms with van der Waals surface area (Å²) in [4.78, 5) is 0. The maximum atomic E-state index is 3.36. The number of hydrogen-bond acceptors (Lipinski definition) is 3. The van der Waals surface area contributed by atoms with Gasteiger partial charge >= 0.3 is 0 Å². The summed E-state index contributed by atoms with van der Waals surface area (Å²) in [6.45, 7) is 6.53. The van der Waals surface area contributed by atoms with E-state index in [0.717, 1.165) is 0 Å². The highest BCUT2D eigenvalue weighted by atomic mass is 32.2. The van der Waals surface area contributed by atoms with Crippen LogP contribution in [-0.2, 0) is 0 Å². The molecule has 1 saturated heterocycles. The van der Waals surface area contributed by atoms with Crippen LogP contribution in [0.5, 0.6) is 0 Å². The molecule has 0 aromatic heterocycles. The molecule has 0 bridgehead atoms. The van der Waals surface area contributed by atoms with Crippen LogP contribution in [0, 0.1) is 0 Å². The van der Waals surface area contributed by atoms with Crippen molar-refractivity contribution in [1.82, 2.24) is 10.6 Å². The van der Waals surface area contributed by atoms with Gasteiger partial charge in [0.2, 0.25) is 0 Å². The van der Waals surface area contributed by atoms with E-state index in [2.05, 4.69) is 31.4 Å². The van der Waals surface area contributed by atoms with Crippen LogP contribution in [-0.4, -0.2) is 16.9 Å². The lowest BCUT2D eigenvalue weighted by Gasteiger charge is -2.31. The van der Waals surface area contributed by atoms with Crippen LogP contribution >= 0.6 is 11.8 Å². The van der Waals surface area contributed by atoms with Gasteiger partial charge in [-0.2, -0.15) is 0 Å². The Morgan fingerprint density at radius 1 is 1.00 bits per heavy atom. The summed E-state index contributed by atoms with van der Waals surface area (Å²) >= 11 is 1.92. The van der Waals surface area contributed by atoms with Gasteiger partial charge in [0, 0.05) is 0 Å². The van der Waals surface area contributed by atoms with Crippen LogP contribution in [0.25, 0.3) is 0 Å². The lowest BCUT2D eigenvalue weighted by molar-refractivity contribution is 0.428. The minimum atomic E-state index is 0.469. The molecule has 1 heterocycles. The van der Waals surface area contributed by atoms with Crippen LogP contribution in [0.2, 0.25) is 0 Å². The highest BCUT2D eigenvalue weighted by Gasteiger charge is 2.18. The first-order valence-corrected chi connectivity index (χ1v) is 4.30. The molecule has 1 rings (SSSR count). The third kappa shape index (κ3) is 2.16. The van der Waals surface area contributed by atoms with E-state index in [1.807, 2.05) is 11.8 Å². The lowest BCUT2D eigenvalue weighted by Crippen LogP contribution is -2.51. The molecule has 2 unspecified atom stereocenters. The minimum Gasteiger partial charge on any atom is -0.290 e. The first-order chi connectivity index (χ1) is 4.18. The predicted molar refractivity (Wildman–Crippen MR) is 42.2 cm³/mol. The zero-order valence-electron chi connectivity index (χ0n) is 6.14. The van der Waals surface area contributed by atoms with E-state index >= 15 is 0 Å². The van der Waals surface area contributed by atoms with Gasteiger partial charge in [-0.05, 0) is 20.8 Å². The topological polar surface area (TPSA) is 24.1 Å². The standard InChI is InChI=1S/C6H14N2S/c1-4-7-5(2)9-6(3)8-4/h4-8H,1-3H3. The van der Waals surface area contributed by atoms with Gasteiger partial charge in [-0.25, -0.2) is 0 Å². The van der Waals surface area contributed by atoms with Crippen molar-refractivity contribution >= 4 is 11.8 Å². The summed E-state index contributed by atoms with van der Waals surface area (Å²) in [5.41, 5.74) is 0. The van der Waals surface area contributed by atoms with Crippen molar-refractivity contribution in [2.24, 2.45) is 0 Å². The van der Waals surface area contributed by atoms with Crippen molar-refractivity contribution in [3.63, 3.8) is 0 Å². The van der Waals surface area contributed by atoms with Crippen LogP contribution < -0.4 is 10.6 Å². The number of thioether (sulfide) groups is 1. The smallest absolute Gasteiger partial charge is 0.0559 e. The monoisotopic (exact) mass is 146 g/mol. The first kappa shape index (κ1) is 7.38. The summed E-state index contributed by atoms with van der Waals surface area (Å²) in [5, 5.41) is 7.91. The molecule has 1 aliphatic rings. The molecular formula is C6H14N2S. The third-order valence-electron chi connectivity index (χ3n) is 1.38. The Morgan fingerprint density at radius 2 is 1.44 bits per heavy atom. The van der Waals surface area contributed by atoms with Crippen molar-refractivity contribution in [2.45, 2.75) is 37.7 Å². The number of rotatable bonds is 0. The molecule has 0 amide bonds. The maximum absolute atomic E-state index is 3.36. The molecule has 0 saturated carbocycles. The SMILES string of the molecule is CC1NC(C)SC(C)N1. The maximum Gasteiger partial charge on any atom is 0.0559 e. The van der Waals surface area contributed by atoms with Crippen LogP contribution in [0.4, 0.5) is 0 Å². The fourth-order valence-corrected chi connectivity index (χ4v) is 2.31. The van der Waals surface area contributed by atoms with Crippen molar-refractivity contribution in [3.05, 3.63) is 0 Å². The van der Waals surface area contributed by atoms with Crippen molar-refractivity contribution < 1.29 is 0 Å². The average Bonchev–Trinajstić information content (AvgIpc) is 1.59. The molecule has 0 aromatic carbocycles. The largest absolute Gasteiger partial charge is 0.290 e. The highest BCUT2D eigenvalue weighted by Crippen LogP contribution is 2.17. The summed E-state index contributed by atoms with van der Waals surface area (Å²) in [7, 11) is 0. The Bertz CT molecular complexity index is 72.0. The van der Waals surface area contributed by atoms with Gasteiger partial charge in [0.15, 0.2) is 0 Å². The molecule has 2 N–H and O–H groups in total. The number of nitrogens with one attached hydrogen (secondary N) is 2. The van der Waals surface area contributed by atoms with E-state index in [0.29, 0.717) is 16.9 Å². The van der Waals surface area contributed by atoms with Gasteiger partial charge in [0.05, 0.1) is 16.9 Å². The van der Waals surface area contributed by atoms with E-state index in [1.54, 1.807) is 0 Å². The van der Waals surface area contributed by atoms with E-state index in [-0.39, 0.29) is 0 Å². The molecule has 1 aliphatic heterocycles. The van der Waals surface area contributed by atoms with E-state index in [4.69, 9.17) is 0 Å². The van der Waals surface area contributed by atoms with Crippen LogP contribution in [0.15, 0.2) is 0 Å². The zero-order valence-corrected chi connectivity index (χ0v) is 6.96. The fraction of sp³-hybridized carbons (Fsp3) is 1.00. The summed E-state index contributed by atoms with van der Waals surface area (Å²) in [6, 6.07) is 0. The summed E-state index contributed by atoms with van der Waals surface area (Å²) < 4.78 is 0. The Morgan fingerprint density at radius 3 is 1.78 bits per heavy atom. The van der Waals surface area contributed by atoms with Crippen molar-refractivity contribution in [3.8, 4) is 0 Å². The molecule has 9 heavy (non-hydrogen) atoms. The van der Waals surface area contributed by atoms with Gasteiger partial charge < -0.3 is 0 Å². The summed E-state index contributed by atoms with van der Waals surface area (Å²) in [5.74, 6) is 0. The second-order valence-electron chi connectivity index (χ2n) is 2.48. The first-order valence-electron chi connectivity index (χ1n) is 3.36. The van der Waals surface area contributed by atoms with E-state index < -0.39 is 0 Å². The molecule has 0 spiro atoms. The normalized spacial score (nSPS) is 45.0. The van der Waals surface area contributed by atoms with Crippen LogP contribution in [0.1, 0.15) is 20.8 Å².